The maximum Gasteiger partial charge on any atom is 0.373 e. The third-order valence-electron chi connectivity index (χ3n) is 3.27. The highest BCUT2D eigenvalue weighted by Gasteiger charge is 2.11. The number of hydrogen-bond acceptors (Lipinski definition) is 5. The quantitative estimate of drug-likeness (QED) is 0.858. The van der Waals surface area contributed by atoms with Gasteiger partial charge in [-0.25, -0.2) is 4.79 Å². The molecule has 1 aliphatic heterocycles. The first-order valence-corrected chi connectivity index (χ1v) is 6.86. The Morgan fingerprint density at radius 3 is 3.20 bits per heavy atom. The standard InChI is InChI=1S/C15H20N2O3/c1-19-15(18)13-10-9-12(20-13)7-4-6-11-5-2-3-8-14(16)17-11/h4,7,9-11H,2-3,5-6,8H2,1H3,(H2,16,17)/b7-4+. The number of aliphatic imine (C=N–C) groups is 1. The molecule has 2 heterocycles. The molecule has 0 aromatic carbocycles. The maximum absolute atomic E-state index is 11.3. The molecule has 0 bridgehead atoms. The fourth-order valence-electron chi connectivity index (χ4n) is 2.21. The van der Waals surface area contributed by atoms with E-state index in [0.29, 0.717) is 5.76 Å². The van der Waals surface area contributed by atoms with Crippen molar-refractivity contribution in [2.45, 2.75) is 38.1 Å². The Morgan fingerprint density at radius 1 is 1.55 bits per heavy atom. The molecule has 0 radical (unpaired) electrons. The van der Waals surface area contributed by atoms with Gasteiger partial charge >= 0.3 is 5.97 Å². The number of nitrogens with two attached hydrogens (primary N) is 1. The number of carbonyl (C=O) groups is 1. The van der Waals surface area contributed by atoms with E-state index in [9.17, 15) is 4.79 Å². The van der Waals surface area contributed by atoms with E-state index in [0.717, 1.165) is 37.9 Å². The molecule has 5 nitrogen and oxygen atoms in total. The van der Waals surface area contributed by atoms with E-state index in [-0.39, 0.29) is 11.8 Å². The van der Waals surface area contributed by atoms with Gasteiger partial charge in [0.05, 0.1) is 19.0 Å². The van der Waals surface area contributed by atoms with Crippen molar-refractivity contribution in [2.75, 3.05) is 7.11 Å². The molecule has 0 fully saturated rings. The van der Waals surface area contributed by atoms with Crippen molar-refractivity contribution in [3.05, 3.63) is 29.7 Å². The Kier molecular flexibility index (Phi) is 4.98. The van der Waals surface area contributed by atoms with Crippen LogP contribution in [0, 0.1) is 0 Å². The molecule has 20 heavy (non-hydrogen) atoms. The SMILES string of the molecule is COC(=O)c1ccc(/C=C/CC2CCCCC(N)=N2)o1. The molecular weight excluding hydrogens is 256 g/mol. The first-order chi connectivity index (χ1) is 9.69. The van der Waals surface area contributed by atoms with Gasteiger partial charge in [-0.1, -0.05) is 12.5 Å². The van der Waals surface area contributed by atoms with Crippen LogP contribution in [-0.4, -0.2) is 25.0 Å². The van der Waals surface area contributed by atoms with Crippen LogP contribution in [0.4, 0.5) is 0 Å². The highest BCUT2D eigenvalue weighted by atomic mass is 16.5. The van der Waals surface area contributed by atoms with Gasteiger partial charge in [0, 0.05) is 6.42 Å². The van der Waals surface area contributed by atoms with Crippen molar-refractivity contribution in [2.24, 2.45) is 10.7 Å². The summed E-state index contributed by atoms with van der Waals surface area (Å²) in [5.74, 6) is 1.14. The van der Waals surface area contributed by atoms with Crippen LogP contribution in [0.5, 0.6) is 0 Å². The zero-order valence-corrected chi connectivity index (χ0v) is 11.7. The Morgan fingerprint density at radius 2 is 2.40 bits per heavy atom. The van der Waals surface area contributed by atoms with Crippen molar-refractivity contribution in [3.8, 4) is 0 Å². The molecule has 1 atom stereocenters. The zero-order valence-electron chi connectivity index (χ0n) is 11.7. The molecule has 0 aliphatic carbocycles. The fraction of sp³-hybridized carbons (Fsp3) is 0.467. The summed E-state index contributed by atoms with van der Waals surface area (Å²) < 4.78 is 9.94. The fourth-order valence-corrected chi connectivity index (χ4v) is 2.21. The molecule has 108 valence electrons. The molecule has 2 rings (SSSR count). The minimum Gasteiger partial charge on any atom is -0.463 e. The predicted octanol–water partition coefficient (Wildman–Crippen LogP) is 2.77. The van der Waals surface area contributed by atoms with Crippen molar-refractivity contribution in [1.29, 1.82) is 0 Å². The normalized spacial score (nSPS) is 19.6. The lowest BCUT2D eigenvalue weighted by atomic mass is 10.1. The number of nitrogens with zero attached hydrogens (tertiary/aromatic N) is 1. The smallest absolute Gasteiger partial charge is 0.373 e. The van der Waals surface area contributed by atoms with Gasteiger partial charge in [-0.2, -0.15) is 0 Å². The molecule has 1 aliphatic rings. The number of amidine groups is 1. The number of methoxy groups -OCH3 is 1. The second-order valence-electron chi connectivity index (χ2n) is 4.85. The molecular formula is C15H20N2O3. The van der Waals surface area contributed by atoms with Crippen LogP contribution >= 0.6 is 0 Å². The van der Waals surface area contributed by atoms with E-state index in [2.05, 4.69) is 9.73 Å². The van der Waals surface area contributed by atoms with E-state index in [1.165, 1.54) is 7.11 Å². The second kappa shape index (κ2) is 6.93. The van der Waals surface area contributed by atoms with Crippen LogP contribution in [0.3, 0.4) is 0 Å². The minimum atomic E-state index is -0.467. The first kappa shape index (κ1) is 14.4. The number of hydrogen-bond donors (Lipinski definition) is 1. The topological polar surface area (TPSA) is 77.8 Å². The number of carbonyl (C=O) groups excluding carboxylic acids is 1. The highest BCUT2D eigenvalue weighted by molar-refractivity contribution is 5.86. The minimum absolute atomic E-state index is 0.212. The summed E-state index contributed by atoms with van der Waals surface area (Å²) in [5, 5.41) is 0. The number of esters is 1. The maximum atomic E-state index is 11.3. The van der Waals surface area contributed by atoms with Gasteiger partial charge in [0.2, 0.25) is 5.76 Å². The average Bonchev–Trinajstić information content (AvgIpc) is 2.81. The number of furan rings is 1. The van der Waals surface area contributed by atoms with Gasteiger partial charge in [0.1, 0.15) is 5.76 Å². The first-order valence-electron chi connectivity index (χ1n) is 6.86. The molecule has 0 spiro atoms. The monoisotopic (exact) mass is 276 g/mol. The molecule has 1 unspecified atom stereocenters. The molecule has 5 heteroatoms. The largest absolute Gasteiger partial charge is 0.463 e. The Hall–Kier alpha value is -2.04. The van der Waals surface area contributed by atoms with Crippen molar-refractivity contribution in [1.82, 2.24) is 0 Å². The second-order valence-corrected chi connectivity index (χ2v) is 4.85. The van der Waals surface area contributed by atoms with Gasteiger partial charge in [-0.3, -0.25) is 4.99 Å². The summed E-state index contributed by atoms with van der Waals surface area (Å²) in [4.78, 5) is 15.7. The van der Waals surface area contributed by atoms with Gasteiger partial charge in [0.15, 0.2) is 0 Å². The van der Waals surface area contributed by atoms with Crippen molar-refractivity contribution < 1.29 is 13.9 Å². The van der Waals surface area contributed by atoms with Crippen LogP contribution in [0.1, 0.15) is 48.4 Å². The Labute approximate surface area is 118 Å². The zero-order chi connectivity index (χ0) is 14.4. The summed E-state index contributed by atoms with van der Waals surface area (Å²) in [7, 11) is 1.33. The third-order valence-corrected chi connectivity index (χ3v) is 3.27. The summed E-state index contributed by atoms with van der Waals surface area (Å²) in [6.45, 7) is 0. The van der Waals surface area contributed by atoms with Gasteiger partial charge < -0.3 is 14.9 Å². The van der Waals surface area contributed by atoms with Gasteiger partial charge in [0.25, 0.3) is 0 Å². The summed E-state index contributed by atoms with van der Waals surface area (Å²) in [5.41, 5.74) is 5.82. The van der Waals surface area contributed by atoms with Crippen LogP contribution in [0.15, 0.2) is 27.6 Å². The average molecular weight is 276 g/mol. The van der Waals surface area contributed by atoms with Crippen LogP contribution in [0.2, 0.25) is 0 Å². The lowest BCUT2D eigenvalue weighted by Crippen LogP contribution is -2.13. The van der Waals surface area contributed by atoms with E-state index in [1.807, 2.05) is 12.2 Å². The number of ether oxygens (including phenoxy) is 1. The molecule has 0 saturated heterocycles. The van der Waals surface area contributed by atoms with Crippen LogP contribution in [0.25, 0.3) is 6.08 Å². The number of rotatable bonds is 4. The lowest BCUT2D eigenvalue weighted by Gasteiger charge is -2.06. The third kappa shape index (κ3) is 3.98. The summed E-state index contributed by atoms with van der Waals surface area (Å²) >= 11 is 0. The van der Waals surface area contributed by atoms with E-state index < -0.39 is 5.97 Å². The molecule has 2 N–H and O–H groups in total. The van der Waals surface area contributed by atoms with E-state index in [4.69, 9.17) is 10.2 Å². The molecule has 0 saturated carbocycles. The van der Waals surface area contributed by atoms with Gasteiger partial charge in [-0.15, -0.1) is 0 Å². The molecule has 0 amide bonds. The Bertz CT molecular complexity index is 517. The lowest BCUT2D eigenvalue weighted by molar-refractivity contribution is 0.0564. The van der Waals surface area contributed by atoms with Crippen LogP contribution in [-0.2, 0) is 4.74 Å². The Balaban J connectivity index is 1.91. The van der Waals surface area contributed by atoms with E-state index >= 15 is 0 Å². The van der Waals surface area contributed by atoms with Crippen LogP contribution < -0.4 is 5.73 Å². The molecule has 1 aromatic rings. The predicted molar refractivity (Wildman–Crippen MR) is 77.6 cm³/mol. The van der Waals surface area contributed by atoms with E-state index in [1.54, 1.807) is 12.1 Å². The van der Waals surface area contributed by atoms with Gasteiger partial charge in [-0.05, 0) is 37.5 Å². The summed E-state index contributed by atoms with van der Waals surface area (Å²) in [6.07, 6.45) is 8.94. The molecule has 1 aromatic heterocycles. The summed E-state index contributed by atoms with van der Waals surface area (Å²) in [6, 6.07) is 3.60. The van der Waals surface area contributed by atoms with Crippen molar-refractivity contribution in [3.63, 3.8) is 0 Å². The van der Waals surface area contributed by atoms with Crippen molar-refractivity contribution >= 4 is 17.9 Å². The highest BCUT2D eigenvalue weighted by Crippen LogP contribution is 2.17.